The van der Waals surface area contributed by atoms with Crippen molar-refractivity contribution in [2.45, 2.75) is 19.8 Å². The van der Waals surface area contributed by atoms with Gasteiger partial charge in [-0.3, -0.25) is 4.79 Å². The van der Waals surface area contributed by atoms with Gasteiger partial charge in [-0.05, 0) is 38.0 Å². The molecule has 0 unspecified atom stereocenters. The van der Waals surface area contributed by atoms with Gasteiger partial charge in [-0.15, -0.1) is 5.10 Å². The largest absolute Gasteiger partial charge is 0.476 e. The van der Waals surface area contributed by atoms with Gasteiger partial charge in [-0.25, -0.2) is 9.48 Å². The van der Waals surface area contributed by atoms with Crippen molar-refractivity contribution in [2.24, 2.45) is 5.41 Å². The van der Waals surface area contributed by atoms with Crippen molar-refractivity contribution >= 4 is 17.6 Å². The second kappa shape index (κ2) is 6.40. The van der Waals surface area contributed by atoms with Crippen LogP contribution in [0.4, 0.5) is 5.69 Å². The van der Waals surface area contributed by atoms with E-state index >= 15 is 0 Å². The summed E-state index contributed by atoms with van der Waals surface area (Å²) in [5.41, 5.74) is 0.670. The number of anilines is 1. The molecule has 1 aliphatic rings. The fraction of sp³-hybridized carbons (Fsp3) is 0.375. The highest BCUT2D eigenvalue weighted by atomic mass is 16.5. The van der Waals surface area contributed by atoms with Crippen LogP contribution in [-0.4, -0.2) is 45.2 Å². The van der Waals surface area contributed by atoms with Crippen LogP contribution in [0.1, 0.15) is 30.3 Å². The van der Waals surface area contributed by atoms with E-state index in [1.807, 2.05) is 6.92 Å². The molecule has 1 aromatic heterocycles. The van der Waals surface area contributed by atoms with Crippen molar-refractivity contribution < 1.29 is 19.4 Å². The first-order chi connectivity index (χ1) is 11.5. The predicted molar refractivity (Wildman–Crippen MR) is 85.1 cm³/mol. The smallest absolute Gasteiger partial charge is 0.358 e. The van der Waals surface area contributed by atoms with Crippen molar-refractivity contribution in [1.82, 2.24) is 15.0 Å². The number of nitrogens with zero attached hydrogens (tertiary/aromatic N) is 3. The van der Waals surface area contributed by atoms with E-state index in [0.717, 1.165) is 12.8 Å². The molecule has 0 radical (unpaired) electrons. The summed E-state index contributed by atoms with van der Waals surface area (Å²) < 4.78 is 6.75. The third-order valence-corrected chi connectivity index (χ3v) is 4.00. The molecule has 1 saturated carbocycles. The molecule has 3 rings (SSSR count). The number of benzene rings is 1. The van der Waals surface area contributed by atoms with Crippen molar-refractivity contribution in [1.29, 1.82) is 0 Å². The molecule has 2 N–H and O–H groups in total. The van der Waals surface area contributed by atoms with Crippen molar-refractivity contribution in [3.05, 3.63) is 36.2 Å². The molecule has 1 amide bonds. The molecule has 1 heterocycles. The van der Waals surface area contributed by atoms with Crippen LogP contribution in [-0.2, 0) is 9.53 Å². The quantitative estimate of drug-likeness (QED) is 0.800. The summed E-state index contributed by atoms with van der Waals surface area (Å²) in [6.45, 7) is 2.92. The number of carbonyl (C=O) groups is 2. The minimum atomic E-state index is -1.14. The molecule has 24 heavy (non-hydrogen) atoms. The minimum Gasteiger partial charge on any atom is -0.476 e. The normalized spacial score (nSPS) is 15.0. The Morgan fingerprint density at radius 1 is 1.42 bits per heavy atom. The highest BCUT2D eigenvalue weighted by Crippen LogP contribution is 2.46. The number of amides is 1. The van der Waals surface area contributed by atoms with Crippen molar-refractivity contribution in [3.8, 4) is 5.69 Å². The number of nitrogens with one attached hydrogen (secondary N) is 1. The van der Waals surface area contributed by atoms with E-state index in [9.17, 15) is 9.59 Å². The third kappa shape index (κ3) is 3.28. The van der Waals surface area contributed by atoms with E-state index in [0.29, 0.717) is 24.6 Å². The second-order valence-electron chi connectivity index (χ2n) is 5.78. The Kier molecular flexibility index (Phi) is 4.30. The second-order valence-corrected chi connectivity index (χ2v) is 5.78. The Bertz CT molecular complexity index is 767. The summed E-state index contributed by atoms with van der Waals surface area (Å²) in [5.74, 6) is -1.20. The molecule has 0 spiro atoms. The van der Waals surface area contributed by atoms with Gasteiger partial charge in [-0.2, -0.15) is 0 Å². The summed E-state index contributed by atoms with van der Waals surface area (Å²) in [5, 5.41) is 19.2. The van der Waals surface area contributed by atoms with E-state index in [-0.39, 0.29) is 11.6 Å². The summed E-state index contributed by atoms with van der Waals surface area (Å²) in [6.07, 6.45) is 2.97. The van der Waals surface area contributed by atoms with E-state index < -0.39 is 11.4 Å². The highest BCUT2D eigenvalue weighted by Gasteiger charge is 2.50. The molecule has 8 heteroatoms. The zero-order chi connectivity index (χ0) is 17.2. The number of aromatic nitrogens is 3. The maximum absolute atomic E-state index is 12.4. The number of hydrogen-bond acceptors (Lipinski definition) is 5. The van der Waals surface area contributed by atoms with E-state index in [4.69, 9.17) is 9.84 Å². The van der Waals surface area contributed by atoms with Gasteiger partial charge in [0.15, 0.2) is 5.69 Å². The maximum atomic E-state index is 12.4. The standard InChI is InChI=1S/C16H18N4O4/c1-2-24-10-16(6-7-16)15(23)17-11-4-3-5-12(8-11)20-9-13(14(21)22)18-19-20/h3-5,8-9H,2,6-7,10H2,1H3,(H,17,23)(H,21,22). The van der Waals surface area contributed by atoms with Gasteiger partial charge < -0.3 is 15.2 Å². The molecule has 1 aromatic carbocycles. The summed E-state index contributed by atoms with van der Waals surface area (Å²) >= 11 is 0. The van der Waals surface area contributed by atoms with E-state index in [1.165, 1.54) is 10.9 Å². The molecule has 0 atom stereocenters. The fourth-order valence-corrected chi connectivity index (χ4v) is 2.36. The van der Waals surface area contributed by atoms with Gasteiger partial charge in [0, 0.05) is 12.3 Å². The molecule has 8 nitrogen and oxygen atoms in total. The monoisotopic (exact) mass is 330 g/mol. The molecule has 1 fully saturated rings. The average Bonchev–Trinajstić information content (AvgIpc) is 3.19. The lowest BCUT2D eigenvalue weighted by Gasteiger charge is -2.15. The number of carbonyl (C=O) groups excluding carboxylic acids is 1. The van der Waals surface area contributed by atoms with Crippen LogP contribution >= 0.6 is 0 Å². The Hall–Kier alpha value is -2.74. The van der Waals surface area contributed by atoms with E-state index in [1.54, 1.807) is 24.3 Å². The third-order valence-electron chi connectivity index (χ3n) is 4.00. The molecular weight excluding hydrogens is 312 g/mol. The topological polar surface area (TPSA) is 106 Å². The van der Waals surface area contributed by atoms with E-state index in [2.05, 4.69) is 15.6 Å². The lowest BCUT2D eigenvalue weighted by molar-refractivity contribution is -0.123. The van der Waals surface area contributed by atoms with Crippen LogP contribution in [0.2, 0.25) is 0 Å². The van der Waals surface area contributed by atoms with Crippen LogP contribution in [0.5, 0.6) is 0 Å². The maximum Gasteiger partial charge on any atom is 0.358 e. The molecule has 2 aromatic rings. The summed E-state index contributed by atoms with van der Waals surface area (Å²) in [4.78, 5) is 23.3. The lowest BCUT2D eigenvalue weighted by atomic mass is 10.1. The molecule has 1 aliphatic carbocycles. The minimum absolute atomic E-state index is 0.0575. The van der Waals surface area contributed by atoms with Crippen molar-refractivity contribution in [2.75, 3.05) is 18.5 Å². The Morgan fingerprint density at radius 3 is 2.83 bits per heavy atom. The van der Waals surface area contributed by atoms with Gasteiger partial charge in [0.25, 0.3) is 0 Å². The Labute approximate surface area is 138 Å². The lowest BCUT2D eigenvalue weighted by Crippen LogP contribution is -2.28. The average molecular weight is 330 g/mol. The molecule has 126 valence electrons. The summed E-state index contributed by atoms with van der Waals surface area (Å²) in [6, 6.07) is 7.00. The van der Waals surface area contributed by atoms with Crippen molar-refractivity contribution in [3.63, 3.8) is 0 Å². The van der Waals surface area contributed by atoms with Gasteiger partial charge in [0.1, 0.15) is 0 Å². The number of hydrogen-bond donors (Lipinski definition) is 2. The highest BCUT2D eigenvalue weighted by molar-refractivity contribution is 5.97. The number of aromatic carboxylic acids is 1. The van der Waals surface area contributed by atoms with Crippen LogP contribution in [0.25, 0.3) is 5.69 Å². The zero-order valence-electron chi connectivity index (χ0n) is 13.2. The number of carboxylic acids is 1. The van der Waals surface area contributed by atoms with Crippen LogP contribution in [0.15, 0.2) is 30.5 Å². The first-order valence-electron chi connectivity index (χ1n) is 7.69. The van der Waals surface area contributed by atoms with Gasteiger partial charge in [0.05, 0.1) is 23.9 Å². The zero-order valence-corrected chi connectivity index (χ0v) is 13.2. The first kappa shape index (κ1) is 16.1. The molecular formula is C16H18N4O4. The Balaban J connectivity index is 1.73. The van der Waals surface area contributed by atoms with Gasteiger partial charge in [0.2, 0.25) is 5.91 Å². The Morgan fingerprint density at radius 2 is 2.21 bits per heavy atom. The van der Waals surface area contributed by atoms with Crippen LogP contribution in [0.3, 0.4) is 0 Å². The van der Waals surface area contributed by atoms with Gasteiger partial charge in [-0.1, -0.05) is 11.3 Å². The van der Waals surface area contributed by atoms with Gasteiger partial charge >= 0.3 is 5.97 Å². The number of carboxylic acid groups (broad SMARTS) is 1. The predicted octanol–water partition coefficient (Wildman–Crippen LogP) is 1.72. The van der Waals surface area contributed by atoms with Crippen LogP contribution in [0, 0.1) is 5.41 Å². The molecule has 0 bridgehead atoms. The molecule has 0 saturated heterocycles. The number of rotatable bonds is 7. The molecule has 0 aliphatic heterocycles. The summed E-state index contributed by atoms with van der Waals surface area (Å²) in [7, 11) is 0. The fourth-order valence-electron chi connectivity index (χ4n) is 2.36. The van der Waals surface area contributed by atoms with Crippen LogP contribution < -0.4 is 5.32 Å². The first-order valence-corrected chi connectivity index (χ1v) is 7.69. The number of ether oxygens (including phenoxy) is 1. The SMILES string of the molecule is CCOCC1(C(=O)Nc2cccc(-n3cc(C(=O)O)nn3)c2)CC1.